The smallest absolute Gasteiger partial charge is 0.140 e. The van der Waals surface area contributed by atoms with E-state index in [1.807, 2.05) is 35.9 Å². The quantitative estimate of drug-likeness (QED) is 0.338. The molecule has 27 heavy (non-hydrogen) atoms. The van der Waals surface area contributed by atoms with Gasteiger partial charge in [0.15, 0.2) is 0 Å². The molecule has 3 nitrogen and oxygen atoms in total. The van der Waals surface area contributed by atoms with Crippen molar-refractivity contribution in [3.8, 4) is 0 Å². The summed E-state index contributed by atoms with van der Waals surface area (Å²) >= 11 is 8.12. The molecule has 0 spiro atoms. The van der Waals surface area contributed by atoms with Gasteiger partial charge in [-0.2, -0.15) is 11.8 Å². The van der Waals surface area contributed by atoms with Gasteiger partial charge < -0.3 is 5.32 Å². The lowest BCUT2D eigenvalue weighted by atomic mass is 10.1. The Hall–Kier alpha value is -1.19. The Balaban J connectivity index is 1.71. The molecular weight excluding hydrogens is 374 g/mol. The molecule has 1 atom stereocenters. The Morgan fingerprint density at radius 2 is 2.15 bits per heavy atom. The third-order valence-electron chi connectivity index (χ3n) is 4.61. The highest BCUT2D eigenvalue weighted by Crippen LogP contribution is 2.28. The number of halogens is 1. The summed E-state index contributed by atoms with van der Waals surface area (Å²) in [6, 6.07) is 0.649. The van der Waals surface area contributed by atoms with Crippen LogP contribution < -0.4 is 5.32 Å². The fourth-order valence-corrected chi connectivity index (χ4v) is 4.35. The molecular formula is C22H32ClN3S. The maximum absolute atomic E-state index is 6.17. The van der Waals surface area contributed by atoms with E-state index in [1.54, 1.807) is 0 Å². The maximum atomic E-state index is 6.17. The van der Waals surface area contributed by atoms with Crippen molar-refractivity contribution in [2.45, 2.75) is 58.9 Å². The molecule has 2 aliphatic rings. The minimum absolute atomic E-state index is 0.649. The lowest BCUT2D eigenvalue weighted by Crippen LogP contribution is -2.30. The number of unbranched alkanes of at least 4 members (excludes halogenated alkanes) is 2. The minimum atomic E-state index is 0.649. The predicted molar refractivity (Wildman–Crippen MR) is 121 cm³/mol. The largest absolute Gasteiger partial charge is 0.314 e. The highest BCUT2D eigenvalue weighted by Gasteiger charge is 2.23. The summed E-state index contributed by atoms with van der Waals surface area (Å²) in [5.74, 6) is 3.01. The number of nitrogens with one attached hydrogen (secondary N) is 1. The number of nitrogens with zero attached hydrogens (tertiary/aromatic N) is 2. The van der Waals surface area contributed by atoms with Crippen molar-refractivity contribution in [1.82, 2.24) is 10.2 Å². The number of amidine groups is 1. The first kappa shape index (κ1) is 22.1. The summed E-state index contributed by atoms with van der Waals surface area (Å²) in [7, 11) is 0. The van der Waals surface area contributed by atoms with Crippen LogP contribution in [-0.4, -0.2) is 34.8 Å². The van der Waals surface area contributed by atoms with Gasteiger partial charge in [-0.3, -0.25) is 4.90 Å². The Kier molecular flexibility index (Phi) is 9.50. The van der Waals surface area contributed by atoms with Crippen LogP contribution in [0.2, 0.25) is 0 Å². The molecule has 5 heteroatoms. The number of aliphatic imine (C=N–C) groups is 1. The van der Waals surface area contributed by atoms with Crippen molar-refractivity contribution in [3.05, 3.63) is 52.7 Å². The van der Waals surface area contributed by atoms with Crippen molar-refractivity contribution in [2.24, 2.45) is 4.99 Å². The number of hydrogen-bond donors (Lipinski definition) is 1. The number of fused-ring (bicyclic) bond motifs is 1. The zero-order valence-electron chi connectivity index (χ0n) is 16.9. The van der Waals surface area contributed by atoms with Gasteiger partial charge in [0, 0.05) is 18.0 Å². The molecule has 0 aliphatic carbocycles. The second-order valence-corrected chi connectivity index (χ2v) is 8.64. The fraction of sp³-hybridized carbons (Fsp3) is 0.545. The van der Waals surface area contributed by atoms with Crippen LogP contribution in [0, 0.1) is 0 Å². The van der Waals surface area contributed by atoms with Crippen LogP contribution in [0.15, 0.2) is 57.7 Å². The van der Waals surface area contributed by atoms with E-state index in [-0.39, 0.29) is 0 Å². The number of thioether (sulfide) groups is 1. The summed E-state index contributed by atoms with van der Waals surface area (Å²) in [6.07, 6.45) is 12.2. The molecule has 0 aromatic heterocycles. The van der Waals surface area contributed by atoms with Crippen molar-refractivity contribution < 1.29 is 0 Å². The van der Waals surface area contributed by atoms with E-state index in [2.05, 4.69) is 37.6 Å². The summed E-state index contributed by atoms with van der Waals surface area (Å²) in [6.45, 7) is 11.5. The Morgan fingerprint density at radius 3 is 2.89 bits per heavy atom. The third-order valence-corrected chi connectivity index (χ3v) is 5.90. The molecule has 0 fully saturated rings. The molecule has 0 bridgehead atoms. The first-order valence-electron chi connectivity index (χ1n) is 9.90. The molecule has 2 rings (SSSR count). The van der Waals surface area contributed by atoms with Crippen molar-refractivity contribution in [1.29, 1.82) is 0 Å². The lowest BCUT2D eigenvalue weighted by Gasteiger charge is -2.29. The zero-order chi connectivity index (χ0) is 19.6. The highest BCUT2D eigenvalue weighted by atomic mass is 35.5. The van der Waals surface area contributed by atoms with E-state index in [0.717, 1.165) is 35.1 Å². The Bertz CT molecular complexity index is 684. The molecule has 2 aliphatic heterocycles. The molecule has 148 valence electrons. The van der Waals surface area contributed by atoms with Crippen molar-refractivity contribution in [3.63, 3.8) is 0 Å². The monoisotopic (exact) mass is 405 g/mol. The summed E-state index contributed by atoms with van der Waals surface area (Å²) in [5.41, 5.74) is 6.06. The first-order chi connectivity index (χ1) is 13.0. The van der Waals surface area contributed by atoms with Gasteiger partial charge in [-0.1, -0.05) is 37.9 Å². The predicted octanol–water partition coefficient (Wildman–Crippen LogP) is 5.98. The SMILES string of the molecule is C=C=C1C=C(CSCCCCCNC(C)CCC)N=C2C(C)=CC(Cl)=CN12. The molecule has 2 heterocycles. The lowest BCUT2D eigenvalue weighted by molar-refractivity contribution is 0.494. The van der Waals surface area contributed by atoms with Gasteiger partial charge in [0.2, 0.25) is 0 Å². The third kappa shape index (κ3) is 7.04. The van der Waals surface area contributed by atoms with Gasteiger partial charge in [-0.25, -0.2) is 4.99 Å². The molecule has 0 aromatic carbocycles. The van der Waals surface area contributed by atoms with Crippen molar-refractivity contribution >= 4 is 29.2 Å². The van der Waals surface area contributed by atoms with Gasteiger partial charge in [0.05, 0.1) is 16.4 Å². The van der Waals surface area contributed by atoms with Crippen molar-refractivity contribution in [2.75, 3.05) is 18.1 Å². The summed E-state index contributed by atoms with van der Waals surface area (Å²) in [5, 5.41) is 4.30. The van der Waals surface area contributed by atoms with Crippen LogP contribution in [-0.2, 0) is 0 Å². The van der Waals surface area contributed by atoms with Crippen LogP contribution in [0.5, 0.6) is 0 Å². The standard InChI is InChI=1S/C22H32ClN3S/c1-5-10-18(4)24-11-8-7-9-12-27-16-20-14-21(6-2)26-15-19(23)13-17(3)22(26)25-20/h13-15,18,24H,2,5,7-12,16H2,1,3-4H3. The number of hydrogen-bond acceptors (Lipinski definition) is 4. The Labute approximate surface area is 174 Å². The second-order valence-electron chi connectivity index (χ2n) is 7.10. The van der Waals surface area contributed by atoms with E-state index in [9.17, 15) is 0 Å². The molecule has 0 saturated carbocycles. The van der Waals surface area contributed by atoms with Gasteiger partial charge in [-0.15, -0.1) is 5.73 Å². The molecule has 0 saturated heterocycles. The average molecular weight is 406 g/mol. The van der Waals surface area contributed by atoms with Crippen LogP contribution >= 0.6 is 23.4 Å². The summed E-state index contributed by atoms with van der Waals surface area (Å²) in [4.78, 5) is 6.78. The first-order valence-corrected chi connectivity index (χ1v) is 11.4. The fourth-order valence-electron chi connectivity index (χ4n) is 3.18. The topological polar surface area (TPSA) is 27.6 Å². The average Bonchev–Trinajstić information content (AvgIpc) is 2.64. The molecule has 0 radical (unpaired) electrons. The van der Waals surface area contributed by atoms with Crippen LogP contribution in [0.1, 0.15) is 52.9 Å². The Morgan fingerprint density at radius 1 is 1.33 bits per heavy atom. The van der Waals surface area contributed by atoms with Gasteiger partial charge >= 0.3 is 0 Å². The number of allylic oxidation sites excluding steroid dienone is 3. The van der Waals surface area contributed by atoms with E-state index in [1.165, 1.54) is 37.9 Å². The number of rotatable bonds is 11. The molecule has 0 amide bonds. The molecule has 1 N–H and O–H groups in total. The molecule has 1 unspecified atom stereocenters. The normalized spacial score (nSPS) is 17.5. The van der Waals surface area contributed by atoms with E-state index < -0.39 is 0 Å². The zero-order valence-corrected chi connectivity index (χ0v) is 18.4. The second kappa shape index (κ2) is 11.6. The summed E-state index contributed by atoms with van der Waals surface area (Å²) < 4.78 is 0. The van der Waals surface area contributed by atoms with Crippen LogP contribution in [0.25, 0.3) is 0 Å². The highest BCUT2D eigenvalue weighted by molar-refractivity contribution is 7.99. The maximum Gasteiger partial charge on any atom is 0.140 e. The van der Waals surface area contributed by atoms with Crippen LogP contribution in [0.4, 0.5) is 0 Å². The molecule has 0 aromatic rings. The van der Waals surface area contributed by atoms with E-state index in [0.29, 0.717) is 11.1 Å². The van der Waals surface area contributed by atoms with E-state index >= 15 is 0 Å². The van der Waals surface area contributed by atoms with E-state index in [4.69, 9.17) is 16.6 Å². The van der Waals surface area contributed by atoms with Gasteiger partial charge in [0.25, 0.3) is 0 Å². The van der Waals surface area contributed by atoms with Gasteiger partial charge in [-0.05, 0) is 63.1 Å². The minimum Gasteiger partial charge on any atom is -0.314 e. The van der Waals surface area contributed by atoms with Crippen LogP contribution in [0.3, 0.4) is 0 Å². The van der Waals surface area contributed by atoms with Gasteiger partial charge in [0.1, 0.15) is 5.84 Å².